The highest BCUT2D eigenvalue weighted by Crippen LogP contribution is 2.34. The molecule has 0 bridgehead atoms. The van der Waals surface area contributed by atoms with Crippen molar-refractivity contribution in [3.05, 3.63) is 56.5 Å². The van der Waals surface area contributed by atoms with Crippen LogP contribution in [0.1, 0.15) is 81.9 Å². The van der Waals surface area contributed by atoms with Gasteiger partial charge in [-0.2, -0.15) is 0 Å². The summed E-state index contributed by atoms with van der Waals surface area (Å²) < 4.78 is 1.28. The third kappa shape index (κ3) is 6.95. The second-order valence-electron chi connectivity index (χ2n) is 7.68. The second-order valence-corrected chi connectivity index (χ2v) is 8.97. The molecule has 0 aliphatic rings. The zero-order chi connectivity index (χ0) is 19.6. The average molecular weight is 450 g/mol. The molecular weight excluding hydrogens is 416 g/mol. The summed E-state index contributed by atoms with van der Waals surface area (Å²) in [5.41, 5.74) is 6.88. The van der Waals surface area contributed by atoms with E-state index in [2.05, 4.69) is 61.0 Å². The van der Waals surface area contributed by atoms with E-state index in [1.165, 1.54) is 83.7 Å². The normalized spacial score (nSPS) is 11.1. The molecule has 0 atom stereocenters. The van der Waals surface area contributed by atoms with E-state index in [4.69, 9.17) is 11.6 Å². The predicted molar refractivity (Wildman–Crippen MR) is 125 cm³/mol. The number of rotatable bonds is 11. The van der Waals surface area contributed by atoms with Crippen molar-refractivity contribution in [2.45, 2.75) is 85.0 Å². The van der Waals surface area contributed by atoms with Crippen LogP contribution < -0.4 is 0 Å². The first-order valence-electron chi connectivity index (χ1n) is 10.6. The van der Waals surface area contributed by atoms with Crippen molar-refractivity contribution in [1.82, 2.24) is 0 Å². The molecule has 0 saturated heterocycles. The summed E-state index contributed by atoms with van der Waals surface area (Å²) in [6.45, 7) is 6.71. The van der Waals surface area contributed by atoms with E-state index >= 15 is 0 Å². The van der Waals surface area contributed by atoms with Gasteiger partial charge in [0.15, 0.2) is 0 Å². The number of unbranched alkanes of at least 4 members (excludes halogenated alkanes) is 6. The minimum absolute atomic E-state index is 0.817. The van der Waals surface area contributed by atoms with Gasteiger partial charge in [0.1, 0.15) is 0 Å². The van der Waals surface area contributed by atoms with Gasteiger partial charge in [-0.15, -0.1) is 0 Å². The Balaban J connectivity index is 2.32. The van der Waals surface area contributed by atoms with E-state index in [0.717, 1.165) is 17.9 Å². The van der Waals surface area contributed by atoms with Gasteiger partial charge in [-0.3, -0.25) is 0 Å². The number of benzene rings is 2. The van der Waals surface area contributed by atoms with E-state index in [1.807, 2.05) is 6.07 Å². The van der Waals surface area contributed by atoms with E-state index in [1.54, 1.807) is 0 Å². The first kappa shape index (κ1) is 22.5. The summed E-state index contributed by atoms with van der Waals surface area (Å²) in [4.78, 5) is 0. The largest absolute Gasteiger partial charge is 0.0843 e. The molecule has 0 aromatic heterocycles. The van der Waals surface area contributed by atoms with Gasteiger partial charge in [-0.1, -0.05) is 86.0 Å². The van der Waals surface area contributed by atoms with Gasteiger partial charge in [-0.25, -0.2) is 0 Å². The summed E-state index contributed by atoms with van der Waals surface area (Å²) in [5.74, 6) is 0. The molecule has 0 amide bonds. The highest BCUT2D eigenvalue weighted by Gasteiger charge is 2.12. The highest BCUT2D eigenvalue weighted by atomic mass is 79.9. The van der Waals surface area contributed by atoms with E-state index in [-0.39, 0.29) is 0 Å². The molecule has 0 heterocycles. The van der Waals surface area contributed by atoms with Crippen LogP contribution in [0.5, 0.6) is 0 Å². The molecule has 2 heteroatoms. The third-order valence-electron chi connectivity index (χ3n) is 5.35. The van der Waals surface area contributed by atoms with Crippen LogP contribution >= 0.6 is 27.5 Å². The Labute approximate surface area is 179 Å². The Kier molecular flexibility index (Phi) is 9.93. The van der Waals surface area contributed by atoms with Crippen molar-refractivity contribution in [3.63, 3.8) is 0 Å². The fraction of sp³-hybridized carbons (Fsp3) is 0.520. The maximum absolute atomic E-state index is 6.21. The molecule has 0 saturated carbocycles. The van der Waals surface area contributed by atoms with Crippen molar-refractivity contribution >= 4 is 27.5 Å². The van der Waals surface area contributed by atoms with Crippen LogP contribution in [0.15, 0.2) is 34.8 Å². The summed E-state index contributed by atoms with van der Waals surface area (Å²) in [7, 11) is 0. The van der Waals surface area contributed by atoms with Gasteiger partial charge in [0.05, 0.1) is 0 Å². The minimum atomic E-state index is 0.817. The van der Waals surface area contributed by atoms with Crippen LogP contribution in [0.2, 0.25) is 5.02 Å². The molecular formula is C25H34BrCl. The molecule has 2 aromatic carbocycles. The van der Waals surface area contributed by atoms with Gasteiger partial charge in [0.2, 0.25) is 0 Å². The van der Waals surface area contributed by atoms with Crippen molar-refractivity contribution in [3.8, 4) is 11.1 Å². The smallest absolute Gasteiger partial charge is 0.0409 e. The SMILES string of the molecule is CCCCCCc1cc(-c2ccc(Cl)cc2C)c(CCCCCC)cc1Br. The van der Waals surface area contributed by atoms with Crippen LogP contribution in [-0.4, -0.2) is 0 Å². The molecule has 0 fully saturated rings. The molecule has 0 aliphatic heterocycles. The first-order chi connectivity index (χ1) is 13.1. The number of hydrogen-bond acceptors (Lipinski definition) is 0. The van der Waals surface area contributed by atoms with E-state index in [9.17, 15) is 0 Å². The molecule has 27 heavy (non-hydrogen) atoms. The second kappa shape index (κ2) is 11.9. The van der Waals surface area contributed by atoms with Gasteiger partial charge >= 0.3 is 0 Å². The Morgan fingerprint density at radius 2 is 1.37 bits per heavy atom. The van der Waals surface area contributed by atoms with Gasteiger partial charge < -0.3 is 0 Å². The number of aryl methyl sites for hydroxylation is 3. The summed E-state index contributed by atoms with van der Waals surface area (Å²) in [6, 6.07) is 11.1. The molecule has 0 radical (unpaired) electrons. The number of hydrogen-bond donors (Lipinski definition) is 0. The lowest BCUT2D eigenvalue weighted by atomic mass is 9.90. The van der Waals surface area contributed by atoms with Crippen LogP contribution in [0.3, 0.4) is 0 Å². The van der Waals surface area contributed by atoms with Crippen molar-refractivity contribution < 1.29 is 0 Å². The standard InChI is InChI=1S/C25H34BrCl/c1-4-6-8-10-12-20-18-25(26)21(13-11-9-7-5-2)17-24(20)23-15-14-22(27)16-19(23)3/h14-18H,4-13H2,1-3H3. The molecule has 0 aliphatic carbocycles. The fourth-order valence-corrected chi connectivity index (χ4v) is 4.54. The summed E-state index contributed by atoms with van der Waals surface area (Å²) >= 11 is 10.1. The van der Waals surface area contributed by atoms with Crippen molar-refractivity contribution in [2.24, 2.45) is 0 Å². The summed E-state index contributed by atoms with van der Waals surface area (Å²) in [5, 5.41) is 0.817. The van der Waals surface area contributed by atoms with Crippen LogP contribution in [0.25, 0.3) is 11.1 Å². The molecule has 2 aromatic rings. The van der Waals surface area contributed by atoms with Gasteiger partial charge in [-0.05, 0) is 84.7 Å². The molecule has 0 nitrogen and oxygen atoms in total. The first-order valence-corrected chi connectivity index (χ1v) is 11.8. The van der Waals surface area contributed by atoms with Crippen LogP contribution in [0.4, 0.5) is 0 Å². The van der Waals surface area contributed by atoms with Crippen molar-refractivity contribution in [1.29, 1.82) is 0 Å². The Morgan fingerprint density at radius 3 is 1.96 bits per heavy atom. The lowest BCUT2D eigenvalue weighted by Gasteiger charge is -2.16. The van der Waals surface area contributed by atoms with Crippen molar-refractivity contribution in [2.75, 3.05) is 0 Å². The highest BCUT2D eigenvalue weighted by molar-refractivity contribution is 9.10. The lowest BCUT2D eigenvalue weighted by molar-refractivity contribution is 0.663. The van der Waals surface area contributed by atoms with Crippen LogP contribution in [-0.2, 0) is 12.8 Å². The van der Waals surface area contributed by atoms with Crippen LogP contribution in [0, 0.1) is 6.92 Å². The molecule has 0 N–H and O–H groups in total. The predicted octanol–water partition coefficient (Wildman–Crippen LogP) is 9.32. The fourth-order valence-electron chi connectivity index (χ4n) is 3.72. The lowest BCUT2D eigenvalue weighted by Crippen LogP contribution is -1.97. The Bertz CT molecular complexity index is 721. The zero-order valence-corrected chi connectivity index (χ0v) is 19.6. The van der Waals surface area contributed by atoms with E-state index in [0.29, 0.717) is 0 Å². The monoisotopic (exact) mass is 448 g/mol. The minimum Gasteiger partial charge on any atom is -0.0843 e. The molecule has 0 spiro atoms. The Hall–Kier alpha value is -0.790. The maximum Gasteiger partial charge on any atom is 0.0409 e. The molecule has 0 unspecified atom stereocenters. The molecule has 2 rings (SSSR count). The summed E-state index contributed by atoms with van der Waals surface area (Å²) in [6.07, 6.45) is 12.7. The zero-order valence-electron chi connectivity index (χ0n) is 17.2. The van der Waals surface area contributed by atoms with Gasteiger partial charge in [0.25, 0.3) is 0 Å². The maximum atomic E-state index is 6.21. The Morgan fingerprint density at radius 1 is 0.741 bits per heavy atom. The topological polar surface area (TPSA) is 0 Å². The quantitative estimate of drug-likeness (QED) is 0.300. The van der Waals surface area contributed by atoms with Gasteiger partial charge in [0, 0.05) is 9.50 Å². The average Bonchev–Trinajstić information content (AvgIpc) is 2.64. The van der Waals surface area contributed by atoms with E-state index < -0.39 is 0 Å². The number of halogens is 2. The third-order valence-corrected chi connectivity index (χ3v) is 6.32. The molecule has 148 valence electrons.